The summed E-state index contributed by atoms with van der Waals surface area (Å²) < 4.78 is 5.65. The summed E-state index contributed by atoms with van der Waals surface area (Å²) in [6.45, 7) is 1.43. The van der Waals surface area contributed by atoms with E-state index in [9.17, 15) is 4.79 Å². The second-order valence-corrected chi connectivity index (χ2v) is 6.37. The third-order valence-corrected chi connectivity index (χ3v) is 5.19. The number of hydrogen-bond acceptors (Lipinski definition) is 4. The monoisotopic (exact) mass is 254 g/mol. The molecule has 0 aromatic heterocycles. The molecule has 14 heavy (non-hydrogen) atoms. The van der Waals surface area contributed by atoms with Crippen LogP contribution in [-0.2, 0) is 9.53 Å². The molecule has 0 aromatic rings. The lowest BCUT2D eigenvalue weighted by atomic mass is 10.3. The lowest BCUT2D eigenvalue weighted by Gasteiger charge is -2.24. The van der Waals surface area contributed by atoms with Gasteiger partial charge in [-0.1, -0.05) is 0 Å². The van der Waals surface area contributed by atoms with Gasteiger partial charge in [0.05, 0.1) is 10.5 Å². The Kier molecular flexibility index (Phi) is 6.13. The van der Waals surface area contributed by atoms with Crippen molar-refractivity contribution in [3.8, 4) is 0 Å². The highest BCUT2D eigenvalue weighted by molar-refractivity contribution is 8.17. The van der Waals surface area contributed by atoms with Crippen molar-refractivity contribution in [1.29, 1.82) is 0 Å². The first kappa shape index (κ1) is 12.5. The molecule has 1 rings (SSSR count). The van der Waals surface area contributed by atoms with Crippen LogP contribution in [0.3, 0.4) is 0 Å². The third kappa shape index (κ3) is 4.80. The van der Waals surface area contributed by atoms with E-state index in [4.69, 9.17) is 16.3 Å². The number of carbonyl (C=O) groups is 1. The Bertz CT molecular complexity index is 184. The maximum absolute atomic E-state index is 10.8. The van der Waals surface area contributed by atoms with Crippen LogP contribution in [0.25, 0.3) is 0 Å². The van der Waals surface area contributed by atoms with Crippen molar-refractivity contribution in [1.82, 2.24) is 0 Å². The molecular weight excluding hydrogens is 240 g/mol. The van der Waals surface area contributed by atoms with E-state index in [2.05, 4.69) is 0 Å². The Hall–Kier alpha value is 0.460. The zero-order chi connectivity index (χ0) is 10.4. The molecule has 2 nitrogen and oxygen atoms in total. The molecule has 0 unspecified atom stereocenters. The summed E-state index contributed by atoms with van der Waals surface area (Å²) in [7, 11) is 0. The van der Waals surface area contributed by atoms with Crippen LogP contribution in [0.5, 0.6) is 0 Å². The summed E-state index contributed by atoms with van der Waals surface area (Å²) in [6.07, 6.45) is 2.04. The summed E-state index contributed by atoms with van der Waals surface area (Å²) in [5.41, 5.74) is 0. The standard InChI is InChI=1S/C9H15ClO2S2/c1-7(11)12-8(6-10)5-9-13-3-2-4-14-9/h8-9H,2-6H2,1H3/t8-/m1/s1. The highest BCUT2D eigenvalue weighted by Gasteiger charge is 2.21. The van der Waals surface area contributed by atoms with E-state index in [-0.39, 0.29) is 12.1 Å². The van der Waals surface area contributed by atoms with Crippen LogP contribution in [0.2, 0.25) is 0 Å². The molecule has 1 fully saturated rings. The van der Waals surface area contributed by atoms with Gasteiger partial charge < -0.3 is 4.74 Å². The van der Waals surface area contributed by atoms with Gasteiger partial charge in [0.15, 0.2) is 0 Å². The summed E-state index contributed by atoms with van der Waals surface area (Å²) in [4.78, 5) is 10.8. The largest absolute Gasteiger partial charge is 0.461 e. The number of thioether (sulfide) groups is 2. The first-order valence-electron chi connectivity index (χ1n) is 4.68. The molecule has 0 saturated carbocycles. The number of rotatable bonds is 4. The number of hydrogen-bond donors (Lipinski definition) is 0. The molecule has 82 valence electrons. The van der Waals surface area contributed by atoms with E-state index in [1.54, 1.807) is 0 Å². The van der Waals surface area contributed by atoms with Crippen LogP contribution < -0.4 is 0 Å². The molecule has 1 atom stereocenters. The molecule has 0 spiro atoms. The Morgan fingerprint density at radius 2 is 2.21 bits per heavy atom. The van der Waals surface area contributed by atoms with Crippen molar-refractivity contribution < 1.29 is 9.53 Å². The molecule has 0 bridgehead atoms. The topological polar surface area (TPSA) is 26.3 Å². The SMILES string of the molecule is CC(=O)O[C@@H](CCl)CC1SCCCS1. The number of alkyl halides is 1. The summed E-state index contributed by atoms with van der Waals surface area (Å²) in [5.74, 6) is 2.60. The fraction of sp³-hybridized carbons (Fsp3) is 0.889. The fourth-order valence-corrected chi connectivity index (χ4v) is 4.45. The molecule has 1 heterocycles. The zero-order valence-corrected chi connectivity index (χ0v) is 10.6. The number of halogens is 1. The molecule has 0 N–H and O–H groups in total. The van der Waals surface area contributed by atoms with Gasteiger partial charge in [0, 0.05) is 13.3 Å². The van der Waals surface area contributed by atoms with Gasteiger partial charge in [0.1, 0.15) is 6.10 Å². The van der Waals surface area contributed by atoms with Crippen molar-refractivity contribution >= 4 is 41.1 Å². The average Bonchev–Trinajstić information content (AvgIpc) is 2.17. The number of carbonyl (C=O) groups excluding carboxylic acids is 1. The van der Waals surface area contributed by atoms with Gasteiger partial charge in [-0.05, 0) is 17.9 Å². The Morgan fingerprint density at radius 3 is 2.71 bits per heavy atom. The number of esters is 1. The second-order valence-electron chi connectivity index (χ2n) is 3.15. The molecular formula is C9H15ClO2S2. The highest BCUT2D eigenvalue weighted by atomic mass is 35.5. The molecule has 0 aromatic carbocycles. The molecule has 0 amide bonds. The van der Waals surface area contributed by atoms with Crippen molar-refractivity contribution in [3.63, 3.8) is 0 Å². The molecule has 0 aliphatic carbocycles. The van der Waals surface area contributed by atoms with Crippen LogP contribution in [0.15, 0.2) is 0 Å². The summed E-state index contributed by atoms with van der Waals surface area (Å²) in [5, 5.41) is 0. The fourth-order valence-electron chi connectivity index (χ4n) is 1.26. The van der Waals surface area contributed by atoms with E-state index < -0.39 is 0 Å². The summed E-state index contributed by atoms with van der Waals surface area (Å²) >= 11 is 9.63. The molecule has 1 aliphatic rings. The van der Waals surface area contributed by atoms with E-state index in [1.165, 1.54) is 24.9 Å². The van der Waals surface area contributed by atoms with Crippen molar-refractivity contribution in [2.75, 3.05) is 17.4 Å². The van der Waals surface area contributed by atoms with Gasteiger partial charge in [-0.2, -0.15) is 0 Å². The summed E-state index contributed by atoms with van der Waals surface area (Å²) in [6, 6.07) is 0. The van der Waals surface area contributed by atoms with Gasteiger partial charge in [-0.25, -0.2) is 0 Å². The van der Waals surface area contributed by atoms with E-state index in [1.807, 2.05) is 23.5 Å². The van der Waals surface area contributed by atoms with Gasteiger partial charge in [-0.15, -0.1) is 35.1 Å². The van der Waals surface area contributed by atoms with E-state index in [0.717, 1.165) is 6.42 Å². The van der Waals surface area contributed by atoms with Crippen molar-refractivity contribution in [2.24, 2.45) is 0 Å². The normalized spacial score (nSPS) is 20.4. The molecule has 1 aliphatic heterocycles. The quantitative estimate of drug-likeness (QED) is 0.569. The smallest absolute Gasteiger partial charge is 0.302 e. The predicted octanol–water partition coefficient (Wildman–Crippen LogP) is 2.74. The van der Waals surface area contributed by atoms with Gasteiger partial charge in [0.25, 0.3) is 0 Å². The van der Waals surface area contributed by atoms with Gasteiger partial charge in [-0.3, -0.25) is 4.79 Å². The van der Waals surface area contributed by atoms with Gasteiger partial charge in [0.2, 0.25) is 0 Å². The Morgan fingerprint density at radius 1 is 1.57 bits per heavy atom. The first-order chi connectivity index (χ1) is 6.72. The molecule has 5 heteroatoms. The minimum Gasteiger partial charge on any atom is -0.461 e. The maximum atomic E-state index is 10.8. The second kappa shape index (κ2) is 6.85. The average molecular weight is 255 g/mol. The lowest BCUT2D eigenvalue weighted by Crippen LogP contribution is -2.23. The highest BCUT2D eigenvalue weighted by Crippen LogP contribution is 2.34. The zero-order valence-electron chi connectivity index (χ0n) is 8.20. The molecule has 0 radical (unpaired) electrons. The minimum atomic E-state index is -0.235. The lowest BCUT2D eigenvalue weighted by molar-refractivity contribution is -0.145. The van der Waals surface area contributed by atoms with Crippen molar-refractivity contribution in [3.05, 3.63) is 0 Å². The van der Waals surface area contributed by atoms with Crippen LogP contribution in [0, 0.1) is 0 Å². The predicted molar refractivity (Wildman–Crippen MR) is 64.2 cm³/mol. The number of ether oxygens (including phenoxy) is 1. The third-order valence-electron chi connectivity index (χ3n) is 1.86. The van der Waals surface area contributed by atoms with Crippen molar-refractivity contribution in [2.45, 2.75) is 30.5 Å². The maximum Gasteiger partial charge on any atom is 0.302 e. The Balaban J connectivity index is 2.27. The van der Waals surface area contributed by atoms with Crippen LogP contribution in [0.4, 0.5) is 0 Å². The molecule has 1 saturated heterocycles. The van der Waals surface area contributed by atoms with E-state index >= 15 is 0 Å². The minimum absolute atomic E-state index is 0.114. The van der Waals surface area contributed by atoms with Crippen LogP contribution in [0.1, 0.15) is 19.8 Å². The first-order valence-corrected chi connectivity index (χ1v) is 7.32. The van der Waals surface area contributed by atoms with Crippen LogP contribution in [-0.4, -0.2) is 34.0 Å². The van der Waals surface area contributed by atoms with E-state index in [0.29, 0.717) is 10.5 Å². The van der Waals surface area contributed by atoms with Crippen LogP contribution >= 0.6 is 35.1 Å². The van der Waals surface area contributed by atoms with Gasteiger partial charge >= 0.3 is 5.97 Å². The Labute approximate surface area is 98.5 Å².